The Labute approximate surface area is 97.2 Å². The Morgan fingerprint density at radius 2 is 2.24 bits per heavy atom. The summed E-state index contributed by atoms with van der Waals surface area (Å²) in [4.78, 5) is 25.8. The molecule has 17 heavy (non-hydrogen) atoms. The highest BCUT2D eigenvalue weighted by Gasteiger charge is 2.06. The smallest absolute Gasteiger partial charge is 0.325 e. The third-order valence-electron chi connectivity index (χ3n) is 1.67. The quantitative estimate of drug-likeness (QED) is 0.767. The molecule has 6 nitrogen and oxygen atoms in total. The molecule has 0 saturated heterocycles. The normalized spacial score (nSPS) is 9.53. The van der Waals surface area contributed by atoms with Crippen LogP contribution >= 0.6 is 0 Å². The molecule has 1 aromatic rings. The van der Waals surface area contributed by atoms with Gasteiger partial charge in [-0.1, -0.05) is 0 Å². The zero-order valence-electron chi connectivity index (χ0n) is 9.20. The highest BCUT2D eigenvalue weighted by Crippen LogP contribution is 2.02. The number of carbonyl (C=O) groups excluding carboxylic acids is 2. The molecular formula is C10H12FN3O3. The average Bonchev–Trinajstić information content (AvgIpc) is 2.30. The van der Waals surface area contributed by atoms with E-state index in [1.54, 1.807) is 6.92 Å². The molecule has 0 atom stereocenters. The number of esters is 1. The van der Waals surface area contributed by atoms with Gasteiger partial charge in [0.15, 0.2) is 0 Å². The number of pyridine rings is 1. The van der Waals surface area contributed by atoms with Crippen LogP contribution in [-0.2, 0) is 9.53 Å². The number of rotatable bonds is 4. The number of aromatic nitrogens is 1. The summed E-state index contributed by atoms with van der Waals surface area (Å²) < 4.78 is 17.1. The first-order valence-corrected chi connectivity index (χ1v) is 4.94. The molecule has 0 fully saturated rings. The maximum absolute atomic E-state index is 12.5. The van der Waals surface area contributed by atoms with E-state index in [-0.39, 0.29) is 19.0 Å². The molecule has 2 N–H and O–H groups in total. The van der Waals surface area contributed by atoms with Gasteiger partial charge >= 0.3 is 12.0 Å². The van der Waals surface area contributed by atoms with Crippen molar-refractivity contribution < 1.29 is 18.7 Å². The molecule has 0 aliphatic rings. The maximum Gasteiger partial charge on any atom is 0.325 e. The lowest BCUT2D eigenvalue weighted by atomic mass is 10.4. The van der Waals surface area contributed by atoms with Gasteiger partial charge in [0.25, 0.3) is 0 Å². The monoisotopic (exact) mass is 241 g/mol. The number of amides is 2. The Balaban J connectivity index is 2.34. The number of carbonyl (C=O) groups is 2. The summed E-state index contributed by atoms with van der Waals surface area (Å²) in [7, 11) is 0. The number of ether oxygens (including phenoxy) is 1. The van der Waals surface area contributed by atoms with Gasteiger partial charge in [-0.2, -0.15) is 0 Å². The molecule has 0 spiro atoms. The molecule has 0 unspecified atom stereocenters. The van der Waals surface area contributed by atoms with E-state index in [9.17, 15) is 14.0 Å². The van der Waals surface area contributed by atoms with E-state index >= 15 is 0 Å². The first-order valence-electron chi connectivity index (χ1n) is 4.94. The Morgan fingerprint density at radius 1 is 1.47 bits per heavy atom. The van der Waals surface area contributed by atoms with Crippen molar-refractivity contribution in [3.8, 4) is 0 Å². The lowest BCUT2D eigenvalue weighted by Gasteiger charge is -2.06. The van der Waals surface area contributed by atoms with Crippen LogP contribution in [0.25, 0.3) is 0 Å². The number of nitrogens with zero attached hydrogens (tertiary/aromatic N) is 1. The Morgan fingerprint density at radius 3 is 2.82 bits per heavy atom. The molecule has 1 rings (SSSR count). The molecule has 1 aromatic heterocycles. The summed E-state index contributed by atoms with van der Waals surface area (Å²) in [5.74, 6) is -0.843. The molecule has 7 heteroatoms. The molecule has 0 aliphatic carbocycles. The largest absolute Gasteiger partial charge is 0.465 e. The van der Waals surface area contributed by atoms with Gasteiger partial charge in [0.1, 0.15) is 18.2 Å². The third kappa shape index (κ3) is 4.92. The van der Waals surface area contributed by atoms with Crippen molar-refractivity contribution in [2.75, 3.05) is 18.5 Å². The van der Waals surface area contributed by atoms with Crippen LogP contribution in [0.5, 0.6) is 0 Å². The molecule has 0 aromatic carbocycles. The predicted molar refractivity (Wildman–Crippen MR) is 57.8 cm³/mol. The van der Waals surface area contributed by atoms with Gasteiger partial charge in [-0.15, -0.1) is 0 Å². The zero-order chi connectivity index (χ0) is 12.7. The number of anilines is 1. The second-order valence-corrected chi connectivity index (χ2v) is 2.97. The van der Waals surface area contributed by atoms with Crippen molar-refractivity contribution in [2.45, 2.75) is 6.92 Å². The van der Waals surface area contributed by atoms with Crippen molar-refractivity contribution >= 4 is 17.8 Å². The molecule has 0 bridgehead atoms. The fraction of sp³-hybridized carbons (Fsp3) is 0.300. The van der Waals surface area contributed by atoms with Gasteiger partial charge in [-0.25, -0.2) is 14.2 Å². The van der Waals surface area contributed by atoms with Gasteiger partial charge < -0.3 is 10.1 Å². The van der Waals surface area contributed by atoms with Gasteiger partial charge in [0.05, 0.1) is 12.8 Å². The van der Waals surface area contributed by atoms with Crippen molar-refractivity contribution in [1.29, 1.82) is 0 Å². The highest BCUT2D eigenvalue weighted by molar-refractivity contribution is 5.90. The molecule has 0 radical (unpaired) electrons. The summed E-state index contributed by atoms with van der Waals surface area (Å²) in [6, 6.07) is 1.85. The predicted octanol–water partition coefficient (Wildman–Crippen LogP) is 0.905. The fourth-order valence-electron chi connectivity index (χ4n) is 0.975. The SMILES string of the molecule is CCOC(=O)CNC(=O)Nc1ccc(F)cn1. The van der Waals surface area contributed by atoms with E-state index in [0.717, 1.165) is 12.3 Å². The van der Waals surface area contributed by atoms with Gasteiger partial charge in [-0.3, -0.25) is 10.1 Å². The molecule has 1 heterocycles. The molecule has 2 amide bonds. The molecule has 0 saturated carbocycles. The lowest BCUT2D eigenvalue weighted by Crippen LogP contribution is -2.34. The van der Waals surface area contributed by atoms with Crippen molar-refractivity contribution in [3.05, 3.63) is 24.1 Å². The molecule has 0 aliphatic heterocycles. The number of hydrogen-bond donors (Lipinski definition) is 2. The van der Waals surface area contributed by atoms with Crippen LogP contribution < -0.4 is 10.6 Å². The van der Waals surface area contributed by atoms with E-state index in [1.807, 2.05) is 0 Å². The second-order valence-electron chi connectivity index (χ2n) is 2.97. The maximum atomic E-state index is 12.5. The summed E-state index contributed by atoms with van der Waals surface area (Å²) in [5.41, 5.74) is 0. The zero-order valence-corrected chi connectivity index (χ0v) is 9.20. The van der Waals surface area contributed by atoms with E-state index in [0.29, 0.717) is 0 Å². The van der Waals surface area contributed by atoms with Crippen molar-refractivity contribution in [3.63, 3.8) is 0 Å². The standard InChI is InChI=1S/C10H12FN3O3/c1-2-17-9(15)6-13-10(16)14-8-4-3-7(11)5-12-8/h3-5H,2,6H2,1H3,(H2,12,13,14,16). The summed E-state index contributed by atoms with van der Waals surface area (Å²) in [6.07, 6.45) is 0.973. The van der Waals surface area contributed by atoms with Crippen LogP contribution in [0.1, 0.15) is 6.92 Å². The Bertz CT molecular complexity index is 394. The summed E-state index contributed by atoms with van der Waals surface area (Å²) >= 11 is 0. The van der Waals surface area contributed by atoms with E-state index in [1.165, 1.54) is 6.07 Å². The van der Waals surface area contributed by atoms with E-state index < -0.39 is 17.8 Å². The first-order chi connectivity index (χ1) is 8.11. The van der Waals surface area contributed by atoms with Gasteiger partial charge in [-0.05, 0) is 19.1 Å². The van der Waals surface area contributed by atoms with Crippen LogP contribution in [0.3, 0.4) is 0 Å². The van der Waals surface area contributed by atoms with Gasteiger partial charge in [0, 0.05) is 0 Å². The second kappa shape index (κ2) is 6.41. The number of hydrogen-bond acceptors (Lipinski definition) is 4. The lowest BCUT2D eigenvalue weighted by molar-refractivity contribution is -0.141. The Kier molecular flexibility index (Phi) is 4.86. The topological polar surface area (TPSA) is 80.3 Å². The van der Waals surface area contributed by atoms with Crippen LogP contribution in [0.2, 0.25) is 0 Å². The average molecular weight is 241 g/mol. The molecule has 92 valence electrons. The van der Waals surface area contributed by atoms with E-state index in [2.05, 4.69) is 20.4 Å². The Hall–Kier alpha value is -2.18. The number of nitrogens with one attached hydrogen (secondary N) is 2. The summed E-state index contributed by atoms with van der Waals surface area (Å²) in [5, 5.41) is 4.60. The van der Waals surface area contributed by atoms with Crippen LogP contribution in [-0.4, -0.2) is 30.1 Å². The van der Waals surface area contributed by atoms with Gasteiger partial charge in [0.2, 0.25) is 0 Å². The minimum Gasteiger partial charge on any atom is -0.465 e. The first kappa shape index (κ1) is 12.9. The minimum atomic E-state index is -0.614. The minimum absolute atomic E-state index is 0.188. The van der Waals surface area contributed by atoms with Crippen LogP contribution in [0.4, 0.5) is 15.0 Å². The highest BCUT2D eigenvalue weighted by atomic mass is 19.1. The molecular weight excluding hydrogens is 229 g/mol. The fourth-order valence-corrected chi connectivity index (χ4v) is 0.975. The number of halogens is 1. The van der Waals surface area contributed by atoms with Crippen LogP contribution in [0.15, 0.2) is 18.3 Å². The number of urea groups is 1. The van der Waals surface area contributed by atoms with Crippen molar-refractivity contribution in [2.24, 2.45) is 0 Å². The van der Waals surface area contributed by atoms with Crippen LogP contribution in [0, 0.1) is 5.82 Å². The van der Waals surface area contributed by atoms with E-state index in [4.69, 9.17) is 0 Å². The van der Waals surface area contributed by atoms with Crippen molar-refractivity contribution in [1.82, 2.24) is 10.3 Å². The third-order valence-corrected chi connectivity index (χ3v) is 1.67. The summed E-state index contributed by atoms with van der Waals surface area (Å²) in [6.45, 7) is 1.68.